The van der Waals surface area contributed by atoms with E-state index in [-0.39, 0.29) is 5.84 Å². The number of hydrogen-bond acceptors (Lipinski definition) is 1. The summed E-state index contributed by atoms with van der Waals surface area (Å²) in [6.07, 6.45) is 8.73. The van der Waals surface area contributed by atoms with Crippen LogP contribution in [0.3, 0.4) is 0 Å². The predicted octanol–water partition coefficient (Wildman–Crippen LogP) is 2.78. The Morgan fingerprint density at radius 2 is 2.00 bits per heavy atom. The third-order valence-electron chi connectivity index (χ3n) is 1.60. The highest BCUT2D eigenvalue weighted by molar-refractivity contribution is 5.97. The van der Waals surface area contributed by atoms with E-state index in [9.17, 15) is 0 Å². The minimum Gasteiger partial charge on any atom is -0.384 e. The number of amidine groups is 1. The minimum absolute atomic E-state index is 0.132. The lowest BCUT2D eigenvalue weighted by Gasteiger charge is -1.93. The zero-order chi connectivity index (χ0) is 10.3. The fourth-order valence-electron chi connectivity index (χ4n) is 0.907. The van der Waals surface area contributed by atoms with Crippen molar-refractivity contribution in [2.75, 3.05) is 0 Å². The van der Waals surface area contributed by atoms with Crippen molar-refractivity contribution in [1.82, 2.24) is 0 Å². The van der Waals surface area contributed by atoms with Gasteiger partial charge in [-0.05, 0) is 13.3 Å². The van der Waals surface area contributed by atoms with Gasteiger partial charge in [0.15, 0.2) is 0 Å². The van der Waals surface area contributed by atoms with Crippen LogP contribution in [0.4, 0.5) is 0 Å². The molecular formula is C11H18N2. The van der Waals surface area contributed by atoms with Gasteiger partial charge in [-0.3, -0.25) is 5.41 Å². The molecule has 0 bridgehead atoms. The fraction of sp³-hybridized carbons (Fsp3) is 0.364. The summed E-state index contributed by atoms with van der Waals surface area (Å²) in [4.78, 5) is 0. The SMILES string of the molecule is CC.CC1=CC=C(C(=N)N)C=CC1. The number of allylic oxidation sites excluding steroid dienone is 4. The zero-order valence-corrected chi connectivity index (χ0v) is 8.59. The molecule has 0 saturated carbocycles. The van der Waals surface area contributed by atoms with Gasteiger partial charge in [-0.25, -0.2) is 0 Å². The average molecular weight is 178 g/mol. The second-order valence-electron chi connectivity index (χ2n) is 2.66. The highest BCUT2D eigenvalue weighted by Crippen LogP contribution is 2.09. The van der Waals surface area contributed by atoms with Gasteiger partial charge in [0.05, 0.1) is 0 Å². The maximum Gasteiger partial charge on any atom is 0.122 e. The molecule has 1 aliphatic rings. The number of hydrogen-bond donors (Lipinski definition) is 2. The smallest absolute Gasteiger partial charge is 0.122 e. The monoisotopic (exact) mass is 178 g/mol. The van der Waals surface area contributed by atoms with Gasteiger partial charge in [-0.2, -0.15) is 0 Å². The lowest BCUT2D eigenvalue weighted by molar-refractivity contribution is 1.22. The third-order valence-corrected chi connectivity index (χ3v) is 1.60. The van der Waals surface area contributed by atoms with Gasteiger partial charge in [0.2, 0.25) is 0 Å². The Kier molecular flexibility index (Phi) is 5.60. The highest BCUT2D eigenvalue weighted by Gasteiger charge is 1.97. The molecule has 2 heteroatoms. The molecule has 0 saturated heterocycles. The Morgan fingerprint density at radius 3 is 2.54 bits per heavy atom. The largest absolute Gasteiger partial charge is 0.384 e. The average Bonchev–Trinajstić information content (AvgIpc) is 2.33. The molecule has 72 valence electrons. The highest BCUT2D eigenvalue weighted by atomic mass is 14.7. The van der Waals surface area contributed by atoms with Crippen LogP contribution >= 0.6 is 0 Å². The molecule has 0 aromatic heterocycles. The van der Waals surface area contributed by atoms with Crippen molar-refractivity contribution in [3.63, 3.8) is 0 Å². The van der Waals surface area contributed by atoms with Crippen molar-refractivity contribution in [1.29, 1.82) is 5.41 Å². The van der Waals surface area contributed by atoms with E-state index in [1.54, 1.807) is 0 Å². The maximum atomic E-state index is 7.18. The summed E-state index contributed by atoms with van der Waals surface area (Å²) < 4.78 is 0. The third kappa shape index (κ3) is 4.31. The summed E-state index contributed by atoms with van der Waals surface area (Å²) in [5.41, 5.74) is 7.40. The molecule has 0 aromatic rings. The van der Waals surface area contributed by atoms with Gasteiger partial charge in [-0.15, -0.1) is 0 Å². The quantitative estimate of drug-likeness (QED) is 0.471. The van der Waals surface area contributed by atoms with Gasteiger partial charge >= 0.3 is 0 Å². The van der Waals surface area contributed by atoms with Crippen molar-refractivity contribution in [3.05, 3.63) is 35.5 Å². The van der Waals surface area contributed by atoms with Gasteiger partial charge in [-0.1, -0.05) is 43.7 Å². The topological polar surface area (TPSA) is 49.9 Å². The van der Waals surface area contributed by atoms with E-state index >= 15 is 0 Å². The van der Waals surface area contributed by atoms with Crippen LogP contribution in [0, 0.1) is 5.41 Å². The lowest BCUT2D eigenvalue weighted by atomic mass is 10.2. The Bertz CT molecular complexity index is 257. The van der Waals surface area contributed by atoms with Crippen molar-refractivity contribution in [2.24, 2.45) is 5.73 Å². The van der Waals surface area contributed by atoms with Gasteiger partial charge in [0.1, 0.15) is 5.84 Å². The normalized spacial score (nSPS) is 14.7. The lowest BCUT2D eigenvalue weighted by Crippen LogP contribution is -2.10. The van der Waals surface area contributed by atoms with Crippen molar-refractivity contribution in [2.45, 2.75) is 27.2 Å². The van der Waals surface area contributed by atoms with Crippen LogP contribution in [0.15, 0.2) is 35.5 Å². The van der Waals surface area contributed by atoms with E-state index in [1.165, 1.54) is 5.57 Å². The van der Waals surface area contributed by atoms with Crippen LogP contribution < -0.4 is 5.73 Å². The molecule has 0 aliphatic heterocycles. The summed E-state index contributed by atoms with van der Waals surface area (Å²) in [5, 5.41) is 7.18. The molecule has 0 aromatic carbocycles. The Hall–Kier alpha value is -1.31. The van der Waals surface area contributed by atoms with Crippen molar-refractivity contribution >= 4 is 5.84 Å². The molecule has 0 spiro atoms. The number of nitrogens with one attached hydrogen (secondary N) is 1. The van der Waals surface area contributed by atoms with Crippen LogP contribution in [0.25, 0.3) is 0 Å². The molecule has 13 heavy (non-hydrogen) atoms. The first-order chi connectivity index (χ1) is 6.20. The van der Waals surface area contributed by atoms with Crippen LogP contribution in [0.1, 0.15) is 27.2 Å². The Morgan fingerprint density at radius 1 is 1.38 bits per heavy atom. The molecule has 0 heterocycles. The van der Waals surface area contributed by atoms with Crippen LogP contribution in [-0.4, -0.2) is 5.84 Å². The first kappa shape index (κ1) is 11.7. The first-order valence-electron chi connectivity index (χ1n) is 4.58. The van der Waals surface area contributed by atoms with Crippen LogP contribution in [-0.2, 0) is 0 Å². The summed E-state index contributed by atoms with van der Waals surface area (Å²) in [6.45, 7) is 6.06. The summed E-state index contributed by atoms with van der Waals surface area (Å²) in [6, 6.07) is 0. The molecule has 0 unspecified atom stereocenters. The predicted molar refractivity (Wildman–Crippen MR) is 58.9 cm³/mol. The molecule has 0 radical (unpaired) electrons. The fourth-order valence-corrected chi connectivity index (χ4v) is 0.907. The van der Waals surface area contributed by atoms with Crippen LogP contribution in [0.5, 0.6) is 0 Å². The molecule has 0 amide bonds. The van der Waals surface area contributed by atoms with Crippen molar-refractivity contribution < 1.29 is 0 Å². The zero-order valence-electron chi connectivity index (χ0n) is 8.59. The number of rotatable bonds is 1. The Balaban J connectivity index is 0.000000671. The Labute approximate surface area is 80.3 Å². The second kappa shape index (κ2) is 6.23. The van der Waals surface area contributed by atoms with E-state index in [1.807, 2.05) is 38.2 Å². The number of nitrogens with two attached hydrogens (primary N) is 1. The van der Waals surface area contributed by atoms with E-state index in [0.29, 0.717) is 0 Å². The van der Waals surface area contributed by atoms with Gasteiger partial charge in [0, 0.05) is 5.57 Å². The second-order valence-corrected chi connectivity index (χ2v) is 2.66. The molecule has 2 nitrogen and oxygen atoms in total. The molecule has 0 atom stereocenters. The summed E-state index contributed by atoms with van der Waals surface area (Å²) >= 11 is 0. The van der Waals surface area contributed by atoms with Crippen molar-refractivity contribution in [3.8, 4) is 0 Å². The standard InChI is InChI=1S/C9H12N2.C2H6/c1-7-3-2-4-8(6-5-7)9(10)11;1-2/h2,4-6H,3H2,1H3,(H3,10,11);1-2H3. The van der Waals surface area contributed by atoms with E-state index in [4.69, 9.17) is 11.1 Å². The van der Waals surface area contributed by atoms with E-state index in [2.05, 4.69) is 6.92 Å². The molecular weight excluding hydrogens is 160 g/mol. The summed E-state index contributed by atoms with van der Waals surface area (Å²) in [7, 11) is 0. The van der Waals surface area contributed by atoms with Gasteiger partial charge < -0.3 is 5.73 Å². The van der Waals surface area contributed by atoms with Gasteiger partial charge in [0.25, 0.3) is 0 Å². The van der Waals surface area contributed by atoms with E-state index < -0.39 is 0 Å². The molecule has 3 N–H and O–H groups in total. The van der Waals surface area contributed by atoms with E-state index in [0.717, 1.165) is 12.0 Å². The molecule has 1 rings (SSSR count). The molecule has 1 aliphatic carbocycles. The molecule has 0 fully saturated rings. The maximum absolute atomic E-state index is 7.18. The minimum atomic E-state index is 0.132. The summed E-state index contributed by atoms with van der Waals surface area (Å²) in [5.74, 6) is 0.132. The van der Waals surface area contributed by atoms with Crippen LogP contribution in [0.2, 0.25) is 0 Å². The first-order valence-corrected chi connectivity index (χ1v) is 4.58.